The molecule has 35 heavy (non-hydrogen) atoms. The zero-order chi connectivity index (χ0) is 25.1. The highest BCUT2D eigenvalue weighted by atomic mass is 32.1. The number of nitrogens with one attached hydrogen (secondary N) is 2. The second-order valence-corrected chi connectivity index (χ2v) is 8.43. The van der Waals surface area contributed by atoms with E-state index in [2.05, 4.69) is 20.4 Å². The summed E-state index contributed by atoms with van der Waals surface area (Å²) in [5, 5.41) is 9.41. The molecule has 0 unspecified atom stereocenters. The van der Waals surface area contributed by atoms with Crippen LogP contribution in [0.2, 0.25) is 0 Å². The van der Waals surface area contributed by atoms with Gasteiger partial charge in [0.2, 0.25) is 11.7 Å². The fraction of sp³-hybridized carbons (Fsp3) is 0.250. The molecule has 4 aromatic rings. The molecule has 1 amide bonds. The van der Waals surface area contributed by atoms with Gasteiger partial charge in [0.05, 0.1) is 26.2 Å². The summed E-state index contributed by atoms with van der Waals surface area (Å²) in [5.74, 6) is 1.17. The van der Waals surface area contributed by atoms with E-state index in [4.69, 9.17) is 14.2 Å². The van der Waals surface area contributed by atoms with Gasteiger partial charge in [0.1, 0.15) is 11.5 Å². The third kappa shape index (κ3) is 4.62. The number of anilines is 1. The van der Waals surface area contributed by atoms with E-state index in [9.17, 15) is 9.59 Å². The Bertz CT molecular complexity index is 1400. The number of ether oxygens (including phenoxy) is 3. The maximum absolute atomic E-state index is 13.3. The van der Waals surface area contributed by atoms with E-state index in [0.29, 0.717) is 46.4 Å². The Morgan fingerprint density at radius 1 is 1.14 bits per heavy atom. The number of benzene rings is 1. The summed E-state index contributed by atoms with van der Waals surface area (Å²) in [6, 6.07) is 8.66. The lowest BCUT2D eigenvalue weighted by molar-refractivity contribution is 0.102. The van der Waals surface area contributed by atoms with E-state index < -0.39 is 5.91 Å². The summed E-state index contributed by atoms with van der Waals surface area (Å²) in [5.41, 5.74) is 1.86. The molecule has 2 N–H and O–H groups in total. The highest BCUT2D eigenvalue weighted by Crippen LogP contribution is 2.38. The minimum absolute atomic E-state index is 0.202. The first-order valence-corrected chi connectivity index (χ1v) is 11.6. The van der Waals surface area contributed by atoms with Crippen LogP contribution in [0.5, 0.6) is 17.2 Å². The fourth-order valence-electron chi connectivity index (χ4n) is 3.69. The van der Waals surface area contributed by atoms with E-state index in [1.165, 1.54) is 37.3 Å². The fourth-order valence-corrected chi connectivity index (χ4v) is 4.37. The van der Waals surface area contributed by atoms with Gasteiger partial charge in [-0.25, -0.2) is 4.98 Å². The number of methoxy groups -OCH3 is 3. The van der Waals surface area contributed by atoms with Crippen LogP contribution in [0.25, 0.3) is 16.5 Å². The Labute approximate surface area is 205 Å². The number of hydrogen-bond acceptors (Lipinski definition) is 8. The molecule has 3 aromatic heterocycles. The van der Waals surface area contributed by atoms with Crippen LogP contribution in [0.1, 0.15) is 28.5 Å². The highest BCUT2D eigenvalue weighted by molar-refractivity contribution is 7.13. The lowest BCUT2D eigenvalue weighted by Gasteiger charge is -2.14. The van der Waals surface area contributed by atoms with Crippen molar-refractivity contribution in [1.29, 1.82) is 0 Å². The summed E-state index contributed by atoms with van der Waals surface area (Å²) in [7, 11) is 4.45. The zero-order valence-electron chi connectivity index (χ0n) is 20.0. The standard InChI is InChI=1S/C24H25N5O5S/c1-6-15-13(2)25-24(27-23(15)31)29-20(12-16(28-29)19-8-7-9-35-19)26-22(30)14-10-17(32-3)21(34-5)18(11-14)33-4/h7-12H,6H2,1-5H3,(H,26,30)(H,25,27,31). The van der Waals surface area contributed by atoms with E-state index >= 15 is 0 Å². The Hall–Kier alpha value is -4.12. The molecule has 0 radical (unpaired) electrons. The lowest BCUT2D eigenvalue weighted by atomic mass is 10.1. The Kier molecular flexibility index (Phi) is 6.87. The number of hydrogen-bond donors (Lipinski definition) is 2. The normalized spacial score (nSPS) is 10.8. The molecule has 1 aromatic carbocycles. The molecule has 0 spiro atoms. The topological polar surface area (TPSA) is 120 Å². The molecule has 0 bridgehead atoms. The van der Waals surface area contributed by atoms with Gasteiger partial charge in [-0.1, -0.05) is 13.0 Å². The average molecular weight is 496 g/mol. The molecule has 4 rings (SSSR count). The first kappa shape index (κ1) is 24.0. The number of amides is 1. The van der Waals surface area contributed by atoms with Crippen LogP contribution in [0, 0.1) is 6.92 Å². The molecule has 0 fully saturated rings. The summed E-state index contributed by atoms with van der Waals surface area (Å²) in [4.78, 5) is 34.1. The minimum atomic E-state index is -0.438. The van der Waals surface area contributed by atoms with Gasteiger partial charge in [0, 0.05) is 22.9 Å². The van der Waals surface area contributed by atoms with Gasteiger partial charge in [-0.05, 0) is 36.9 Å². The van der Waals surface area contributed by atoms with Crippen molar-refractivity contribution in [2.75, 3.05) is 26.6 Å². The monoisotopic (exact) mass is 495 g/mol. The number of thiophene rings is 1. The van der Waals surface area contributed by atoms with Crippen molar-refractivity contribution in [3.05, 3.63) is 62.9 Å². The van der Waals surface area contributed by atoms with E-state index in [-0.39, 0.29) is 17.1 Å². The number of nitrogens with zero attached hydrogens (tertiary/aromatic N) is 3. The molecule has 0 aliphatic heterocycles. The van der Waals surface area contributed by atoms with Crippen LogP contribution >= 0.6 is 11.3 Å². The number of carbonyl (C=O) groups is 1. The van der Waals surface area contributed by atoms with E-state index in [1.807, 2.05) is 24.4 Å². The summed E-state index contributed by atoms with van der Waals surface area (Å²) < 4.78 is 17.5. The molecule has 3 heterocycles. The van der Waals surface area contributed by atoms with E-state index in [1.54, 1.807) is 25.1 Å². The Morgan fingerprint density at radius 2 is 1.86 bits per heavy atom. The van der Waals surface area contributed by atoms with Crippen molar-refractivity contribution >= 4 is 23.1 Å². The smallest absolute Gasteiger partial charge is 0.257 e. The number of H-pyrrole nitrogens is 1. The maximum Gasteiger partial charge on any atom is 0.257 e. The van der Waals surface area contributed by atoms with Gasteiger partial charge in [0.25, 0.3) is 11.5 Å². The van der Waals surface area contributed by atoms with E-state index in [0.717, 1.165) is 4.88 Å². The van der Waals surface area contributed by atoms with Crippen molar-refractivity contribution in [3.63, 3.8) is 0 Å². The number of aryl methyl sites for hydroxylation is 1. The quantitative estimate of drug-likeness (QED) is 0.381. The Balaban J connectivity index is 1.79. The maximum atomic E-state index is 13.3. The molecule has 0 saturated heterocycles. The van der Waals surface area contributed by atoms with Gasteiger partial charge in [-0.3, -0.25) is 14.6 Å². The van der Waals surface area contributed by atoms with Gasteiger partial charge >= 0.3 is 0 Å². The first-order valence-electron chi connectivity index (χ1n) is 10.8. The zero-order valence-corrected chi connectivity index (χ0v) is 20.8. The van der Waals surface area contributed by atoms with Crippen LogP contribution < -0.4 is 25.1 Å². The molecule has 182 valence electrons. The van der Waals surface area contributed by atoms with Gasteiger partial charge in [-0.15, -0.1) is 11.3 Å². The van der Waals surface area contributed by atoms with Crippen LogP contribution in [0.15, 0.2) is 40.5 Å². The predicted octanol–water partition coefficient (Wildman–Crippen LogP) is 3.83. The predicted molar refractivity (Wildman–Crippen MR) is 133 cm³/mol. The molecule has 0 saturated carbocycles. The number of carbonyl (C=O) groups excluding carboxylic acids is 1. The summed E-state index contributed by atoms with van der Waals surface area (Å²) in [6.07, 6.45) is 0.554. The van der Waals surface area contributed by atoms with Crippen molar-refractivity contribution in [1.82, 2.24) is 19.7 Å². The number of aromatic nitrogens is 4. The van der Waals surface area contributed by atoms with Gasteiger partial charge in [-0.2, -0.15) is 9.78 Å². The lowest BCUT2D eigenvalue weighted by Crippen LogP contribution is -2.22. The SMILES string of the molecule is CCc1c(C)nc(-n2nc(-c3cccs3)cc2NC(=O)c2cc(OC)c(OC)c(OC)c2)[nH]c1=O. The second kappa shape index (κ2) is 10.0. The van der Waals surface area contributed by atoms with Crippen LogP contribution in [-0.2, 0) is 6.42 Å². The Morgan fingerprint density at radius 3 is 2.40 bits per heavy atom. The highest BCUT2D eigenvalue weighted by Gasteiger charge is 2.21. The third-order valence-electron chi connectivity index (χ3n) is 5.42. The van der Waals surface area contributed by atoms with Gasteiger partial charge < -0.3 is 19.5 Å². The molecule has 10 nitrogen and oxygen atoms in total. The van der Waals surface area contributed by atoms with Crippen molar-refractivity contribution in [2.24, 2.45) is 0 Å². The van der Waals surface area contributed by atoms with Crippen LogP contribution in [0.4, 0.5) is 5.82 Å². The number of rotatable bonds is 8. The van der Waals surface area contributed by atoms with Crippen LogP contribution in [0.3, 0.4) is 0 Å². The van der Waals surface area contributed by atoms with Crippen molar-refractivity contribution < 1.29 is 19.0 Å². The largest absolute Gasteiger partial charge is 0.493 e. The second-order valence-electron chi connectivity index (χ2n) is 7.48. The molecule has 11 heteroatoms. The molecule has 0 aliphatic carbocycles. The van der Waals surface area contributed by atoms with Crippen molar-refractivity contribution in [3.8, 4) is 33.8 Å². The first-order chi connectivity index (χ1) is 16.9. The molecular weight excluding hydrogens is 470 g/mol. The van der Waals surface area contributed by atoms with Crippen molar-refractivity contribution in [2.45, 2.75) is 20.3 Å². The van der Waals surface area contributed by atoms with Crippen LogP contribution in [-0.4, -0.2) is 47.0 Å². The average Bonchev–Trinajstić information content (AvgIpc) is 3.53. The number of aromatic amines is 1. The molecule has 0 aliphatic rings. The minimum Gasteiger partial charge on any atom is -0.493 e. The third-order valence-corrected chi connectivity index (χ3v) is 6.31. The molecular formula is C24H25N5O5S. The molecule has 0 atom stereocenters. The summed E-state index contributed by atoms with van der Waals surface area (Å²) in [6.45, 7) is 3.67. The van der Waals surface area contributed by atoms with Gasteiger partial charge in [0.15, 0.2) is 11.5 Å². The summed E-state index contributed by atoms with van der Waals surface area (Å²) >= 11 is 1.51.